The number of rotatable bonds is 13. The molecule has 0 fully saturated rings. The predicted molar refractivity (Wildman–Crippen MR) is 124 cm³/mol. The second-order valence-electron chi connectivity index (χ2n) is 7.83. The summed E-state index contributed by atoms with van der Waals surface area (Å²) >= 11 is 0. The smallest absolute Gasteiger partial charge is 0.144 e. The van der Waals surface area contributed by atoms with Crippen molar-refractivity contribution < 1.29 is 4.74 Å². The van der Waals surface area contributed by atoms with E-state index in [1.807, 2.05) is 24.4 Å². The summed E-state index contributed by atoms with van der Waals surface area (Å²) in [6.45, 7) is 2.27. The fourth-order valence-corrected chi connectivity index (χ4v) is 3.78. The average Bonchev–Trinajstić information content (AvgIpc) is 3.48. The second-order valence-corrected chi connectivity index (χ2v) is 7.83. The molecular weight excluding hydrogens is 358 g/mol. The summed E-state index contributed by atoms with van der Waals surface area (Å²) in [5.41, 5.74) is 5.18. The molecule has 3 heterocycles. The van der Waals surface area contributed by atoms with Gasteiger partial charge in [0.25, 0.3) is 0 Å². The first-order valence-corrected chi connectivity index (χ1v) is 11.2. The molecule has 1 aliphatic rings. The van der Waals surface area contributed by atoms with Crippen molar-refractivity contribution in [2.24, 2.45) is 4.99 Å². The molecule has 0 amide bonds. The molecule has 0 saturated carbocycles. The number of unbranched alkanes of at least 4 members (excludes halogenated alkanes) is 8. The lowest BCUT2D eigenvalue weighted by molar-refractivity contribution is 0.414. The number of methoxy groups -OCH3 is 1. The van der Waals surface area contributed by atoms with Crippen LogP contribution in [0.15, 0.2) is 47.2 Å². The van der Waals surface area contributed by atoms with E-state index < -0.39 is 0 Å². The minimum atomic E-state index is 0.832. The van der Waals surface area contributed by atoms with Crippen LogP contribution in [0.2, 0.25) is 0 Å². The number of ether oxygens (including phenoxy) is 1. The van der Waals surface area contributed by atoms with E-state index >= 15 is 0 Å². The summed E-state index contributed by atoms with van der Waals surface area (Å²) in [5.74, 6) is 0.832. The van der Waals surface area contributed by atoms with Gasteiger partial charge in [0.05, 0.1) is 29.9 Å². The molecule has 0 spiro atoms. The molecule has 4 heteroatoms. The van der Waals surface area contributed by atoms with Crippen LogP contribution in [-0.2, 0) is 0 Å². The standard InChI is InChI=1S/C25H35N3O/c1-3-4-5-6-7-8-9-10-11-13-20-15-16-21(27-20)18-24-25(29-2)19-23(28-24)22-14-12-17-26-22/h12,14-19,26,28H,3-11,13H2,1-2H3. The zero-order chi connectivity index (χ0) is 20.3. The normalized spacial score (nSPS) is 14.7. The Morgan fingerprint density at radius 3 is 2.41 bits per heavy atom. The minimum absolute atomic E-state index is 0.832. The highest BCUT2D eigenvalue weighted by Crippen LogP contribution is 2.29. The molecule has 0 aromatic carbocycles. The molecule has 0 aliphatic carbocycles. The summed E-state index contributed by atoms with van der Waals surface area (Å²) in [4.78, 5) is 11.4. The number of aromatic nitrogens is 2. The highest BCUT2D eigenvalue weighted by atomic mass is 16.5. The largest absolute Gasteiger partial charge is 0.494 e. The van der Waals surface area contributed by atoms with Gasteiger partial charge in [-0.2, -0.15) is 0 Å². The Morgan fingerprint density at radius 1 is 0.966 bits per heavy atom. The van der Waals surface area contributed by atoms with Gasteiger partial charge in [0.1, 0.15) is 5.75 Å². The molecule has 0 atom stereocenters. The number of H-pyrrole nitrogens is 2. The number of hydrogen-bond donors (Lipinski definition) is 2. The lowest BCUT2D eigenvalue weighted by Crippen LogP contribution is -1.90. The van der Waals surface area contributed by atoms with Crippen LogP contribution in [0, 0.1) is 0 Å². The van der Waals surface area contributed by atoms with E-state index in [0.29, 0.717) is 0 Å². The molecule has 0 saturated heterocycles. The van der Waals surface area contributed by atoms with E-state index in [9.17, 15) is 0 Å². The van der Waals surface area contributed by atoms with Crippen LogP contribution in [0.25, 0.3) is 17.5 Å². The summed E-state index contributed by atoms with van der Waals surface area (Å²) < 4.78 is 5.53. The van der Waals surface area contributed by atoms with Crippen LogP contribution < -0.4 is 4.74 Å². The van der Waals surface area contributed by atoms with E-state index in [-0.39, 0.29) is 0 Å². The van der Waals surface area contributed by atoms with E-state index in [2.05, 4.69) is 35.1 Å². The second kappa shape index (κ2) is 11.5. The minimum Gasteiger partial charge on any atom is -0.494 e. The number of aliphatic imine (C=N–C) groups is 1. The Labute approximate surface area is 175 Å². The van der Waals surface area contributed by atoms with Crippen LogP contribution in [0.3, 0.4) is 0 Å². The molecular formula is C25H35N3O. The van der Waals surface area contributed by atoms with Crippen molar-refractivity contribution in [3.63, 3.8) is 0 Å². The fraction of sp³-hybridized carbons (Fsp3) is 0.480. The van der Waals surface area contributed by atoms with E-state index in [1.165, 1.54) is 63.5 Å². The van der Waals surface area contributed by atoms with Gasteiger partial charge in [-0.15, -0.1) is 0 Å². The molecule has 2 aromatic heterocycles. The van der Waals surface area contributed by atoms with Crippen molar-refractivity contribution >= 4 is 11.8 Å². The first kappa shape index (κ1) is 21.2. The molecule has 29 heavy (non-hydrogen) atoms. The van der Waals surface area contributed by atoms with Crippen LogP contribution in [0.1, 0.15) is 76.8 Å². The highest BCUT2D eigenvalue weighted by molar-refractivity contribution is 5.99. The third-order valence-electron chi connectivity index (χ3n) is 5.47. The van der Waals surface area contributed by atoms with Gasteiger partial charge in [-0.3, -0.25) is 4.99 Å². The summed E-state index contributed by atoms with van der Waals surface area (Å²) in [7, 11) is 1.70. The molecule has 4 nitrogen and oxygen atoms in total. The van der Waals surface area contributed by atoms with Gasteiger partial charge in [0.15, 0.2) is 0 Å². The molecule has 0 radical (unpaired) electrons. The molecule has 2 aromatic rings. The summed E-state index contributed by atoms with van der Waals surface area (Å²) in [6.07, 6.45) is 21.5. The third kappa shape index (κ3) is 6.52. The zero-order valence-electron chi connectivity index (χ0n) is 18.0. The van der Waals surface area contributed by atoms with Crippen molar-refractivity contribution in [1.82, 2.24) is 9.97 Å². The Balaban J connectivity index is 1.45. The van der Waals surface area contributed by atoms with Gasteiger partial charge in [-0.05, 0) is 43.2 Å². The fourth-order valence-electron chi connectivity index (χ4n) is 3.78. The summed E-state index contributed by atoms with van der Waals surface area (Å²) in [5, 5.41) is 0. The van der Waals surface area contributed by atoms with Gasteiger partial charge in [0.2, 0.25) is 0 Å². The number of allylic oxidation sites excluding steroid dienone is 2. The van der Waals surface area contributed by atoms with Crippen molar-refractivity contribution in [3.8, 4) is 17.1 Å². The monoisotopic (exact) mass is 393 g/mol. The quantitative estimate of drug-likeness (QED) is 0.345. The number of nitrogens with zero attached hydrogens (tertiary/aromatic N) is 1. The zero-order valence-corrected chi connectivity index (χ0v) is 18.0. The van der Waals surface area contributed by atoms with Gasteiger partial charge in [0, 0.05) is 18.0 Å². The Bertz CT molecular complexity index is 824. The van der Waals surface area contributed by atoms with Crippen molar-refractivity contribution in [2.75, 3.05) is 7.11 Å². The maximum absolute atomic E-state index is 5.53. The average molecular weight is 394 g/mol. The number of aromatic amines is 2. The van der Waals surface area contributed by atoms with Gasteiger partial charge in [-0.25, -0.2) is 0 Å². The van der Waals surface area contributed by atoms with Crippen LogP contribution >= 0.6 is 0 Å². The molecule has 3 rings (SSSR count). The number of hydrogen-bond acceptors (Lipinski definition) is 2. The SMILES string of the molecule is CCCCCCCCCCCC1=NC(=Cc2[nH]c(-c3ccc[nH]3)cc2OC)C=C1. The van der Waals surface area contributed by atoms with Crippen LogP contribution in [-0.4, -0.2) is 22.8 Å². The van der Waals surface area contributed by atoms with Crippen molar-refractivity contribution in [2.45, 2.75) is 71.1 Å². The Morgan fingerprint density at radius 2 is 1.72 bits per heavy atom. The topological polar surface area (TPSA) is 53.2 Å². The van der Waals surface area contributed by atoms with E-state index in [1.54, 1.807) is 7.11 Å². The van der Waals surface area contributed by atoms with Crippen molar-refractivity contribution in [3.05, 3.63) is 47.9 Å². The van der Waals surface area contributed by atoms with E-state index in [0.717, 1.165) is 34.9 Å². The molecule has 0 bridgehead atoms. The summed E-state index contributed by atoms with van der Waals surface area (Å²) in [6, 6.07) is 6.05. The Kier molecular flexibility index (Phi) is 8.41. The predicted octanol–water partition coefficient (Wildman–Crippen LogP) is 7.29. The third-order valence-corrected chi connectivity index (χ3v) is 5.47. The molecule has 156 valence electrons. The van der Waals surface area contributed by atoms with Gasteiger partial charge in [-0.1, -0.05) is 58.3 Å². The van der Waals surface area contributed by atoms with Gasteiger partial charge < -0.3 is 14.7 Å². The lowest BCUT2D eigenvalue weighted by atomic mass is 10.1. The maximum Gasteiger partial charge on any atom is 0.144 e. The van der Waals surface area contributed by atoms with Crippen LogP contribution in [0.5, 0.6) is 5.75 Å². The van der Waals surface area contributed by atoms with E-state index in [4.69, 9.17) is 9.73 Å². The first-order chi connectivity index (χ1) is 14.3. The molecule has 1 aliphatic heterocycles. The van der Waals surface area contributed by atoms with Crippen LogP contribution in [0.4, 0.5) is 0 Å². The lowest BCUT2D eigenvalue weighted by Gasteiger charge is -2.02. The van der Waals surface area contributed by atoms with Crippen molar-refractivity contribution in [1.29, 1.82) is 0 Å². The first-order valence-electron chi connectivity index (χ1n) is 11.2. The molecule has 0 unspecified atom stereocenters. The highest BCUT2D eigenvalue weighted by Gasteiger charge is 2.11. The molecule has 2 N–H and O–H groups in total. The van der Waals surface area contributed by atoms with Gasteiger partial charge >= 0.3 is 0 Å². The Hall–Kier alpha value is -2.49. The number of nitrogens with one attached hydrogen (secondary N) is 2. The maximum atomic E-state index is 5.53.